The fourth-order valence-electron chi connectivity index (χ4n) is 1.58. The van der Waals surface area contributed by atoms with Crippen LogP contribution >= 0.6 is 22.9 Å². The Morgan fingerprint density at radius 2 is 2.22 bits per heavy atom. The first kappa shape index (κ1) is 13.5. The minimum atomic E-state index is -0.347. The van der Waals surface area contributed by atoms with Gasteiger partial charge in [0.15, 0.2) is 0 Å². The third-order valence-electron chi connectivity index (χ3n) is 2.57. The van der Waals surface area contributed by atoms with Crippen LogP contribution in [0, 0.1) is 5.82 Å². The summed E-state index contributed by atoms with van der Waals surface area (Å²) in [4.78, 5) is 5.56. The summed E-state index contributed by atoms with van der Waals surface area (Å²) in [5.74, 6) is -0.347. The lowest BCUT2D eigenvalue weighted by Crippen LogP contribution is -2.13. The molecule has 2 nitrogen and oxygen atoms in total. The second-order valence-corrected chi connectivity index (χ2v) is 5.50. The molecule has 0 atom stereocenters. The molecule has 96 valence electrons. The highest BCUT2D eigenvalue weighted by Crippen LogP contribution is 2.18. The fraction of sp³-hybridized carbons (Fsp3) is 0.308. The lowest BCUT2D eigenvalue weighted by molar-refractivity contribution is 0.588. The minimum Gasteiger partial charge on any atom is -0.306 e. The normalized spacial score (nSPS) is 10.8. The van der Waals surface area contributed by atoms with Crippen molar-refractivity contribution in [2.75, 3.05) is 0 Å². The molecule has 0 fully saturated rings. The first-order chi connectivity index (χ1) is 8.70. The van der Waals surface area contributed by atoms with E-state index in [1.165, 1.54) is 4.88 Å². The third-order valence-corrected chi connectivity index (χ3v) is 4.01. The number of nitrogens with one attached hydrogen (secondary N) is 1. The fourth-order valence-corrected chi connectivity index (χ4v) is 2.61. The van der Waals surface area contributed by atoms with Crippen LogP contribution in [0.5, 0.6) is 0 Å². The smallest absolute Gasteiger partial charge is 0.146 e. The molecule has 1 N–H and O–H groups in total. The van der Waals surface area contributed by atoms with Crippen molar-refractivity contribution in [2.24, 2.45) is 0 Å². The van der Waals surface area contributed by atoms with Gasteiger partial charge in [-0.1, -0.05) is 30.7 Å². The van der Waals surface area contributed by atoms with Gasteiger partial charge in [-0.2, -0.15) is 0 Å². The van der Waals surface area contributed by atoms with Gasteiger partial charge in [-0.05, 0) is 12.5 Å². The minimum absolute atomic E-state index is 0.164. The lowest BCUT2D eigenvalue weighted by Gasteiger charge is -2.05. The predicted octanol–water partition coefficient (Wildman–Crippen LogP) is 3.79. The van der Waals surface area contributed by atoms with Gasteiger partial charge in [0.1, 0.15) is 10.8 Å². The summed E-state index contributed by atoms with van der Waals surface area (Å²) >= 11 is 7.40. The molecule has 0 aliphatic carbocycles. The Hall–Kier alpha value is -0.970. The highest BCUT2D eigenvalue weighted by molar-refractivity contribution is 7.11. The van der Waals surface area contributed by atoms with Crippen LogP contribution in [0.2, 0.25) is 5.02 Å². The van der Waals surface area contributed by atoms with Gasteiger partial charge in [-0.3, -0.25) is 0 Å². The van der Waals surface area contributed by atoms with Gasteiger partial charge in [0.25, 0.3) is 0 Å². The van der Waals surface area contributed by atoms with E-state index in [2.05, 4.69) is 17.2 Å². The van der Waals surface area contributed by atoms with Crippen molar-refractivity contribution in [1.82, 2.24) is 10.3 Å². The standard InChI is InChI=1S/C13H14ClFN2S/c1-2-10-7-17-12(18-10)8-16-6-9-4-3-5-11(14)13(9)15/h3-5,7,16H,2,6,8H2,1H3. The molecule has 0 unspecified atom stereocenters. The molecule has 0 spiro atoms. The first-order valence-electron chi connectivity index (χ1n) is 5.78. The van der Waals surface area contributed by atoms with Crippen molar-refractivity contribution in [3.63, 3.8) is 0 Å². The Bertz CT molecular complexity index is 527. The van der Waals surface area contributed by atoms with Crippen LogP contribution < -0.4 is 5.32 Å². The quantitative estimate of drug-likeness (QED) is 0.904. The maximum absolute atomic E-state index is 13.6. The van der Waals surface area contributed by atoms with Crippen LogP contribution in [0.4, 0.5) is 4.39 Å². The summed E-state index contributed by atoms with van der Waals surface area (Å²) in [6, 6.07) is 5.03. The molecule has 1 aromatic carbocycles. The molecule has 1 heterocycles. The molecule has 0 amide bonds. The van der Waals surface area contributed by atoms with Crippen molar-refractivity contribution in [3.05, 3.63) is 50.7 Å². The maximum atomic E-state index is 13.6. The van der Waals surface area contributed by atoms with Crippen LogP contribution in [0.25, 0.3) is 0 Å². The van der Waals surface area contributed by atoms with E-state index in [9.17, 15) is 4.39 Å². The van der Waals surface area contributed by atoms with Gasteiger partial charge in [0.05, 0.1) is 5.02 Å². The van der Waals surface area contributed by atoms with Gasteiger partial charge in [0, 0.05) is 29.7 Å². The molecule has 0 aliphatic rings. The number of nitrogens with zero attached hydrogens (tertiary/aromatic N) is 1. The monoisotopic (exact) mass is 284 g/mol. The second kappa shape index (κ2) is 6.27. The molecule has 2 aromatic rings. The molecule has 2 rings (SSSR count). The average molecular weight is 285 g/mol. The van der Waals surface area contributed by atoms with E-state index in [0.29, 0.717) is 18.7 Å². The van der Waals surface area contributed by atoms with Crippen LogP contribution in [-0.4, -0.2) is 4.98 Å². The van der Waals surface area contributed by atoms with Crippen LogP contribution in [0.15, 0.2) is 24.4 Å². The van der Waals surface area contributed by atoms with Crippen LogP contribution in [0.1, 0.15) is 22.4 Å². The molecule has 18 heavy (non-hydrogen) atoms. The molecule has 5 heteroatoms. The number of thiazole rings is 1. The number of aryl methyl sites for hydroxylation is 1. The molecule has 1 aromatic heterocycles. The molecule has 0 saturated heterocycles. The molecular weight excluding hydrogens is 271 g/mol. The highest BCUT2D eigenvalue weighted by atomic mass is 35.5. The van der Waals surface area contributed by atoms with E-state index in [1.54, 1.807) is 29.5 Å². The van der Waals surface area contributed by atoms with E-state index in [4.69, 9.17) is 11.6 Å². The summed E-state index contributed by atoms with van der Waals surface area (Å²) < 4.78 is 13.6. The van der Waals surface area contributed by atoms with Crippen molar-refractivity contribution in [3.8, 4) is 0 Å². The van der Waals surface area contributed by atoms with Gasteiger partial charge in [-0.25, -0.2) is 9.37 Å². The summed E-state index contributed by atoms with van der Waals surface area (Å²) in [7, 11) is 0. The van der Waals surface area contributed by atoms with Crippen LogP contribution in [-0.2, 0) is 19.5 Å². The van der Waals surface area contributed by atoms with E-state index in [-0.39, 0.29) is 10.8 Å². The number of rotatable bonds is 5. The highest BCUT2D eigenvalue weighted by Gasteiger charge is 2.06. The zero-order valence-corrected chi connectivity index (χ0v) is 11.6. The Kier molecular flexibility index (Phi) is 4.69. The first-order valence-corrected chi connectivity index (χ1v) is 6.97. The molecular formula is C13H14ClFN2S. The van der Waals surface area contributed by atoms with Gasteiger partial charge in [-0.15, -0.1) is 11.3 Å². The molecule has 0 saturated carbocycles. The van der Waals surface area contributed by atoms with E-state index in [1.807, 2.05) is 6.20 Å². The lowest BCUT2D eigenvalue weighted by atomic mass is 10.2. The van der Waals surface area contributed by atoms with Crippen molar-refractivity contribution in [2.45, 2.75) is 26.4 Å². The Balaban J connectivity index is 1.90. The third kappa shape index (κ3) is 3.28. The molecule has 0 aliphatic heterocycles. The van der Waals surface area contributed by atoms with Crippen molar-refractivity contribution in [1.29, 1.82) is 0 Å². The average Bonchev–Trinajstić information content (AvgIpc) is 2.82. The zero-order valence-electron chi connectivity index (χ0n) is 10.0. The summed E-state index contributed by atoms with van der Waals surface area (Å²) in [5.41, 5.74) is 0.578. The van der Waals surface area contributed by atoms with E-state index < -0.39 is 0 Å². The zero-order chi connectivity index (χ0) is 13.0. The number of hydrogen-bond acceptors (Lipinski definition) is 3. The number of halogens is 2. The van der Waals surface area contributed by atoms with E-state index >= 15 is 0 Å². The largest absolute Gasteiger partial charge is 0.306 e. The Morgan fingerprint density at radius 1 is 1.39 bits per heavy atom. The van der Waals surface area contributed by atoms with Gasteiger partial charge in [0.2, 0.25) is 0 Å². The summed E-state index contributed by atoms with van der Waals surface area (Å²) in [6.45, 7) is 3.20. The maximum Gasteiger partial charge on any atom is 0.146 e. The molecule has 0 bridgehead atoms. The topological polar surface area (TPSA) is 24.9 Å². The SMILES string of the molecule is CCc1cnc(CNCc2cccc(Cl)c2F)s1. The second-order valence-electron chi connectivity index (χ2n) is 3.89. The van der Waals surface area contributed by atoms with E-state index in [0.717, 1.165) is 11.4 Å². The number of benzene rings is 1. The number of aromatic nitrogens is 1. The summed E-state index contributed by atoms with van der Waals surface area (Å²) in [5, 5.41) is 4.36. The predicted molar refractivity (Wildman–Crippen MR) is 73.4 cm³/mol. The van der Waals surface area contributed by atoms with Crippen LogP contribution in [0.3, 0.4) is 0 Å². The Morgan fingerprint density at radius 3 is 2.94 bits per heavy atom. The summed E-state index contributed by atoms with van der Waals surface area (Å²) in [6.07, 6.45) is 2.89. The van der Waals surface area contributed by atoms with Gasteiger partial charge >= 0.3 is 0 Å². The number of hydrogen-bond donors (Lipinski definition) is 1. The van der Waals surface area contributed by atoms with Crippen molar-refractivity contribution >= 4 is 22.9 Å². The molecule has 0 radical (unpaired) electrons. The Labute approximate surface area is 115 Å². The van der Waals surface area contributed by atoms with Gasteiger partial charge < -0.3 is 5.32 Å². The van der Waals surface area contributed by atoms with Crippen molar-refractivity contribution < 1.29 is 4.39 Å².